The average molecular weight is 275 g/mol. The Labute approximate surface area is 121 Å². The Bertz CT molecular complexity index is 467. The summed E-state index contributed by atoms with van der Waals surface area (Å²) in [5.41, 5.74) is 8.35. The monoisotopic (exact) mass is 275 g/mol. The molecule has 3 N–H and O–H groups in total. The summed E-state index contributed by atoms with van der Waals surface area (Å²) in [4.78, 5) is 14.1. The minimum absolute atomic E-state index is 0.0220. The third-order valence-electron chi connectivity index (χ3n) is 4.02. The van der Waals surface area contributed by atoms with Crippen LogP contribution in [0.3, 0.4) is 0 Å². The molecule has 0 heterocycles. The van der Waals surface area contributed by atoms with Crippen molar-refractivity contribution >= 4 is 17.3 Å². The number of rotatable bonds is 5. The summed E-state index contributed by atoms with van der Waals surface area (Å²) in [5.74, 6) is 0.788. The zero-order valence-corrected chi connectivity index (χ0v) is 12.5. The molecule has 1 saturated carbocycles. The lowest BCUT2D eigenvalue weighted by atomic mass is 10.1. The van der Waals surface area contributed by atoms with Crippen molar-refractivity contribution in [1.29, 1.82) is 0 Å². The lowest BCUT2D eigenvalue weighted by molar-refractivity contribution is -0.117. The minimum Gasteiger partial charge on any atom is -0.398 e. The summed E-state index contributed by atoms with van der Waals surface area (Å²) >= 11 is 0. The molecule has 0 saturated heterocycles. The van der Waals surface area contributed by atoms with Gasteiger partial charge in [0.15, 0.2) is 0 Å². The maximum absolute atomic E-state index is 12.0. The molecule has 0 unspecified atom stereocenters. The molecule has 110 valence electrons. The molecule has 0 radical (unpaired) electrons. The van der Waals surface area contributed by atoms with Gasteiger partial charge in [0.2, 0.25) is 5.91 Å². The summed E-state index contributed by atoms with van der Waals surface area (Å²) in [6.07, 6.45) is 5.29. The summed E-state index contributed by atoms with van der Waals surface area (Å²) in [7, 11) is 2.02. The second kappa shape index (κ2) is 6.75. The van der Waals surface area contributed by atoms with Gasteiger partial charge in [0.05, 0.1) is 6.54 Å². The molecule has 0 spiro atoms. The fraction of sp³-hybridized carbons (Fsp3) is 0.562. The molecule has 1 aliphatic rings. The molecule has 4 heteroatoms. The van der Waals surface area contributed by atoms with Crippen molar-refractivity contribution < 1.29 is 4.79 Å². The van der Waals surface area contributed by atoms with Crippen molar-refractivity contribution in [2.75, 3.05) is 31.2 Å². The summed E-state index contributed by atoms with van der Waals surface area (Å²) in [6, 6.07) is 5.62. The first kappa shape index (κ1) is 14.9. The van der Waals surface area contributed by atoms with Crippen molar-refractivity contribution in [3.63, 3.8) is 0 Å². The predicted molar refractivity (Wildman–Crippen MR) is 83.7 cm³/mol. The second-order valence-electron chi connectivity index (χ2n) is 5.97. The van der Waals surface area contributed by atoms with E-state index >= 15 is 0 Å². The van der Waals surface area contributed by atoms with E-state index in [1.54, 1.807) is 0 Å². The van der Waals surface area contributed by atoms with Crippen molar-refractivity contribution in [3.8, 4) is 0 Å². The minimum atomic E-state index is 0.0220. The van der Waals surface area contributed by atoms with Crippen LogP contribution in [0.4, 0.5) is 11.4 Å². The van der Waals surface area contributed by atoms with E-state index in [0.29, 0.717) is 12.2 Å². The van der Waals surface area contributed by atoms with Crippen molar-refractivity contribution in [2.45, 2.75) is 32.6 Å². The summed E-state index contributed by atoms with van der Waals surface area (Å²) in [6.45, 7) is 3.41. The Balaban J connectivity index is 1.80. The zero-order valence-electron chi connectivity index (χ0n) is 12.5. The number of nitrogens with two attached hydrogens (primary N) is 1. The molecule has 0 atom stereocenters. The van der Waals surface area contributed by atoms with Gasteiger partial charge in [-0.3, -0.25) is 9.69 Å². The van der Waals surface area contributed by atoms with Gasteiger partial charge in [-0.1, -0.05) is 18.9 Å². The number of carbonyl (C=O) groups is 1. The number of carbonyl (C=O) groups excluding carboxylic acids is 1. The Hall–Kier alpha value is -1.55. The lowest BCUT2D eigenvalue weighted by Gasteiger charge is -2.20. The highest BCUT2D eigenvalue weighted by Gasteiger charge is 2.18. The third-order valence-corrected chi connectivity index (χ3v) is 4.02. The van der Waals surface area contributed by atoms with Gasteiger partial charge in [0.25, 0.3) is 0 Å². The van der Waals surface area contributed by atoms with Crippen LogP contribution in [0.5, 0.6) is 0 Å². The first-order chi connectivity index (χ1) is 9.54. The standard InChI is InChI=1S/C16H25N3O/c1-12-7-8-14(9-15(12)17)18-16(20)11-19(2)10-13-5-3-4-6-13/h7-9,13H,3-6,10-11,17H2,1-2H3,(H,18,20). The molecular formula is C16H25N3O. The average Bonchev–Trinajstić information content (AvgIpc) is 2.86. The number of anilines is 2. The highest BCUT2D eigenvalue weighted by Crippen LogP contribution is 2.25. The Morgan fingerprint density at radius 1 is 1.40 bits per heavy atom. The number of hydrogen-bond donors (Lipinski definition) is 2. The largest absolute Gasteiger partial charge is 0.398 e. The maximum Gasteiger partial charge on any atom is 0.238 e. The molecule has 1 aliphatic carbocycles. The molecule has 4 nitrogen and oxygen atoms in total. The number of nitrogen functional groups attached to an aromatic ring is 1. The smallest absolute Gasteiger partial charge is 0.238 e. The van der Waals surface area contributed by atoms with Gasteiger partial charge in [0.1, 0.15) is 0 Å². The molecule has 20 heavy (non-hydrogen) atoms. The maximum atomic E-state index is 12.0. The quantitative estimate of drug-likeness (QED) is 0.812. The van der Waals surface area contributed by atoms with Crippen LogP contribution in [-0.2, 0) is 4.79 Å². The van der Waals surface area contributed by atoms with E-state index in [4.69, 9.17) is 5.73 Å². The van der Waals surface area contributed by atoms with Gasteiger partial charge in [-0.15, -0.1) is 0 Å². The van der Waals surface area contributed by atoms with E-state index in [1.807, 2.05) is 32.2 Å². The molecule has 1 fully saturated rings. The third kappa shape index (κ3) is 4.23. The molecular weight excluding hydrogens is 250 g/mol. The number of likely N-dealkylation sites (N-methyl/N-ethyl adjacent to an activating group) is 1. The molecule has 2 rings (SSSR count). The van der Waals surface area contributed by atoms with Gasteiger partial charge in [-0.2, -0.15) is 0 Å². The fourth-order valence-corrected chi connectivity index (χ4v) is 2.86. The number of nitrogens with zero attached hydrogens (tertiary/aromatic N) is 1. The SMILES string of the molecule is Cc1ccc(NC(=O)CN(C)CC2CCCC2)cc1N. The van der Waals surface area contributed by atoms with E-state index in [2.05, 4.69) is 10.2 Å². The van der Waals surface area contributed by atoms with Crippen LogP contribution in [-0.4, -0.2) is 30.9 Å². The molecule has 1 aromatic rings. The van der Waals surface area contributed by atoms with E-state index in [0.717, 1.165) is 23.7 Å². The highest BCUT2D eigenvalue weighted by molar-refractivity contribution is 5.92. The van der Waals surface area contributed by atoms with Crippen LogP contribution in [0.1, 0.15) is 31.2 Å². The predicted octanol–water partition coefficient (Wildman–Crippen LogP) is 2.64. The second-order valence-corrected chi connectivity index (χ2v) is 5.97. The van der Waals surface area contributed by atoms with Crippen LogP contribution in [0.25, 0.3) is 0 Å². The Morgan fingerprint density at radius 2 is 2.10 bits per heavy atom. The summed E-state index contributed by atoms with van der Waals surface area (Å²) < 4.78 is 0. The van der Waals surface area contributed by atoms with Crippen molar-refractivity contribution in [2.24, 2.45) is 5.92 Å². The van der Waals surface area contributed by atoms with Gasteiger partial charge < -0.3 is 11.1 Å². The van der Waals surface area contributed by atoms with Crippen LogP contribution in [0.15, 0.2) is 18.2 Å². The van der Waals surface area contributed by atoms with E-state index in [1.165, 1.54) is 25.7 Å². The first-order valence-electron chi connectivity index (χ1n) is 7.39. The van der Waals surface area contributed by atoms with Crippen LogP contribution in [0.2, 0.25) is 0 Å². The molecule has 0 aliphatic heterocycles. The number of amides is 1. The fourth-order valence-electron chi connectivity index (χ4n) is 2.86. The van der Waals surface area contributed by atoms with E-state index in [9.17, 15) is 4.79 Å². The van der Waals surface area contributed by atoms with Gasteiger partial charge in [0, 0.05) is 17.9 Å². The number of hydrogen-bond acceptors (Lipinski definition) is 3. The number of benzene rings is 1. The number of nitrogens with one attached hydrogen (secondary N) is 1. The normalized spacial score (nSPS) is 15.8. The van der Waals surface area contributed by atoms with Crippen molar-refractivity contribution in [1.82, 2.24) is 4.90 Å². The van der Waals surface area contributed by atoms with Crippen LogP contribution in [0, 0.1) is 12.8 Å². The zero-order chi connectivity index (χ0) is 14.5. The van der Waals surface area contributed by atoms with Crippen LogP contribution >= 0.6 is 0 Å². The van der Waals surface area contributed by atoms with Gasteiger partial charge in [-0.05, 0) is 50.4 Å². The summed E-state index contributed by atoms with van der Waals surface area (Å²) in [5, 5.41) is 2.91. The molecule has 1 aromatic carbocycles. The lowest BCUT2D eigenvalue weighted by Crippen LogP contribution is -2.33. The Kier molecular flexibility index (Phi) is 5.01. The van der Waals surface area contributed by atoms with E-state index < -0.39 is 0 Å². The molecule has 0 aromatic heterocycles. The van der Waals surface area contributed by atoms with E-state index in [-0.39, 0.29) is 5.91 Å². The molecule has 0 bridgehead atoms. The molecule has 1 amide bonds. The first-order valence-corrected chi connectivity index (χ1v) is 7.39. The van der Waals surface area contributed by atoms with Gasteiger partial charge in [-0.25, -0.2) is 0 Å². The number of aryl methyl sites for hydroxylation is 1. The Morgan fingerprint density at radius 3 is 2.75 bits per heavy atom. The van der Waals surface area contributed by atoms with Crippen LogP contribution < -0.4 is 11.1 Å². The topological polar surface area (TPSA) is 58.4 Å². The van der Waals surface area contributed by atoms with Crippen molar-refractivity contribution in [3.05, 3.63) is 23.8 Å². The highest BCUT2D eigenvalue weighted by atomic mass is 16.2. The van der Waals surface area contributed by atoms with Gasteiger partial charge >= 0.3 is 0 Å².